The van der Waals surface area contributed by atoms with Crippen LogP contribution in [0.2, 0.25) is 5.02 Å². The van der Waals surface area contributed by atoms with Gasteiger partial charge in [-0.05, 0) is 67.1 Å². The van der Waals surface area contributed by atoms with E-state index in [1.165, 1.54) is 47.9 Å². The number of thiazole rings is 1. The predicted molar refractivity (Wildman–Crippen MR) is 127 cm³/mol. The number of aryl methyl sites for hydroxylation is 1. The van der Waals surface area contributed by atoms with Crippen LogP contribution < -0.4 is 14.8 Å². The summed E-state index contributed by atoms with van der Waals surface area (Å²) in [5.74, 6) is 0.740. The van der Waals surface area contributed by atoms with Gasteiger partial charge < -0.3 is 14.5 Å². The molecule has 11 heteroatoms. The minimum Gasteiger partial charge on any atom is -0.486 e. The van der Waals surface area contributed by atoms with E-state index in [9.17, 15) is 13.2 Å². The van der Waals surface area contributed by atoms with Gasteiger partial charge in [-0.25, -0.2) is 13.4 Å². The highest BCUT2D eigenvalue weighted by Crippen LogP contribution is 2.23. The van der Waals surface area contributed by atoms with Gasteiger partial charge in [-0.3, -0.25) is 9.52 Å². The van der Waals surface area contributed by atoms with Gasteiger partial charge in [-0.15, -0.1) is 11.3 Å². The fraction of sp³-hybridized carbons (Fsp3) is 0.0909. The number of carbonyl (C=O) groups is 1. The summed E-state index contributed by atoms with van der Waals surface area (Å²) in [6, 6.07) is 14.3. The van der Waals surface area contributed by atoms with Crippen molar-refractivity contribution in [3.8, 4) is 5.75 Å². The highest BCUT2D eigenvalue weighted by molar-refractivity contribution is 7.93. The lowest BCUT2D eigenvalue weighted by atomic mass is 10.2. The number of nitrogens with zero attached hydrogens (tertiary/aromatic N) is 1. The van der Waals surface area contributed by atoms with Gasteiger partial charge in [0.1, 0.15) is 18.1 Å². The first-order valence-electron chi connectivity index (χ1n) is 9.61. The Morgan fingerprint density at radius 2 is 1.94 bits per heavy atom. The van der Waals surface area contributed by atoms with Gasteiger partial charge in [0.05, 0.1) is 4.90 Å². The molecule has 0 radical (unpaired) electrons. The summed E-state index contributed by atoms with van der Waals surface area (Å²) in [4.78, 5) is 16.4. The molecule has 4 rings (SSSR count). The summed E-state index contributed by atoms with van der Waals surface area (Å²) < 4.78 is 38.4. The number of sulfonamides is 1. The molecule has 33 heavy (non-hydrogen) atoms. The average molecular weight is 504 g/mol. The lowest BCUT2D eigenvalue weighted by Gasteiger charge is -2.07. The first kappa shape index (κ1) is 22.8. The number of hydrogen-bond acceptors (Lipinski definition) is 7. The van der Waals surface area contributed by atoms with Crippen LogP contribution in [0.4, 0.5) is 10.8 Å². The molecule has 0 spiro atoms. The van der Waals surface area contributed by atoms with Gasteiger partial charge in [0, 0.05) is 22.3 Å². The summed E-state index contributed by atoms with van der Waals surface area (Å²) >= 11 is 7.18. The van der Waals surface area contributed by atoms with Crippen LogP contribution in [0.5, 0.6) is 5.75 Å². The van der Waals surface area contributed by atoms with Crippen molar-refractivity contribution in [2.75, 3.05) is 10.0 Å². The second-order valence-electron chi connectivity index (χ2n) is 6.89. The van der Waals surface area contributed by atoms with E-state index in [1.807, 2.05) is 13.0 Å². The van der Waals surface area contributed by atoms with Crippen LogP contribution in [0.25, 0.3) is 0 Å². The Morgan fingerprint density at radius 3 is 2.64 bits per heavy atom. The molecular weight excluding hydrogens is 486 g/mol. The smallest absolute Gasteiger partial charge is 0.291 e. The fourth-order valence-corrected chi connectivity index (χ4v) is 4.70. The van der Waals surface area contributed by atoms with E-state index in [4.69, 9.17) is 20.8 Å². The van der Waals surface area contributed by atoms with Crippen molar-refractivity contribution in [2.45, 2.75) is 18.4 Å². The number of nitrogens with one attached hydrogen (secondary N) is 2. The summed E-state index contributed by atoms with van der Waals surface area (Å²) in [6.45, 7) is 2.02. The normalized spacial score (nSPS) is 11.2. The van der Waals surface area contributed by atoms with Gasteiger partial charge in [0.15, 0.2) is 10.9 Å². The van der Waals surface area contributed by atoms with Gasteiger partial charge in [0.25, 0.3) is 15.9 Å². The fourth-order valence-electron chi connectivity index (χ4n) is 2.80. The Balaban J connectivity index is 1.35. The van der Waals surface area contributed by atoms with Gasteiger partial charge >= 0.3 is 0 Å². The number of furan rings is 1. The van der Waals surface area contributed by atoms with E-state index in [0.717, 1.165) is 5.56 Å². The van der Waals surface area contributed by atoms with Crippen molar-refractivity contribution in [3.05, 3.63) is 88.3 Å². The largest absolute Gasteiger partial charge is 0.486 e. The van der Waals surface area contributed by atoms with Gasteiger partial charge in [0.2, 0.25) is 0 Å². The third kappa shape index (κ3) is 5.72. The van der Waals surface area contributed by atoms with E-state index in [-0.39, 0.29) is 22.4 Å². The van der Waals surface area contributed by atoms with Gasteiger partial charge in [-0.1, -0.05) is 11.6 Å². The Labute approximate surface area is 199 Å². The van der Waals surface area contributed by atoms with Crippen molar-refractivity contribution in [3.63, 3.8) is 0 Å². The zero-order valence-electron chi connectivity index (χ0n) is 17.2. The van der Waals surface area contributed by atoms with E-state index < -0.39 is 15.9 Å². The molecule has 1 amide bonds. The third-order valence-electron chi connectivity index (χ3n) is 4.47. The monoisotopic (exact) mass is 503 g/mol. The highest BCUT2D eigenvalue weighted by Gasteiger charge is 2.16. The maximum Gasteiger partial charge on any atom is 0.291 e. The average Bonchev–Trinajstić information content (AvgIpc) is 3.47. The van der Waals surface area contributed by atoms with Crippen LogP contribution in [0.3, 0.4) is 0 Å². The first-order valence-corrected chi connectivity index (χ1v) is 12.4. The number of amides is 1. The maximum absolute atomic E-state index is 12.5. The Kier molecular flexibility index (Phi) is 6.68. The summed E-state index contributed by atoms with van der Waals surface area (Å²) in [6.07, 6.45) is 1.51. The molecule has 0 aliphatic rings. The Bertz CT molecular complexity index is 1370. The van der Waals surface area contributed by atoms with Crippen molar-refractivity contribution in [1.29, 1.82) is 0 Å². The first-order chi connectivity index (χ1) is 15.8. The van der Waals surface area contributed by atoms with E-state index in [2.05, 4.69) is 15.0 Å². The minimum absolute atomic E-state index is 0.0468. The van der Waals surface area contributed by atoms with Crippen molar-refractivity contribution in [1.82, 2.24) is 4.98 Å². The lowest BCUT2D eigenvalue weighted by Crippen LogP contribution is -2.13. The molecule has 0 saturated heterocycles. The number of anilines is 2. The number of carbonyl (C=O) groups excluding carboxylic acids is 1. The quantitative estimate of drug-likeness (QED) is 0.336. The zero-order valence-corrected chi connectivity index (χ0v) is 19.6. The molecule has 0 aliphatic carbocycles. The maximum atomic E-state index is 12.5. The molecule has 170 valence electrons. The van der Waals surface area contributed by atoms with E-state index in [1.54, 1.807) is 23.6 Å². The number of halogens is 1. The van der Waals surface area contributed by atoms with E-state index in [0.29, 0.717) is 22.2 Å². The number of benzene rings is 2. The molecule has 2 aromatic heterocycles. The highest BCUT2D eigenvalue weighted by atomic mass is 35.5. The summed E-state index contributed by atoms with van der Waals surface area (Å²) in [5.41, 5.74) is 1.31. The van der Waals surface area contributed by atoms with Crippen LogP contribution in [-0.2, 0) is 16.6 Å². The SMILES string of the molecule is Cc1cc(OCc2ccc(C(=O)Nc3ccc(S(=O)(=O)Nc4nccs4)cc3)o2)ccc1Cl. The summed E-state index contributed by atoms with van der Waals surface area (Å²) in [7, 11) is -3.77. The van der Waals surface area contributed by atoms with Gasteiger partial charge in [-0.2, -0.15) is 0 Å². The molecule has 0 unspecified atom stereocenters. The molecular formula is C22H18ClN3O5S2. The molecule has 4 aromatic rings. The van der Waals surface area contributed by atoms with E-state index >= 15 is 0 Å². The second kappa shape index (κ2) is 9.65. The van der Waals surface area contributed by atoms with Crippen LogP contribution in [0.1, 0.15) is 21.9 Å². The lowest BCUT2D eigenvalue weighted by molar-refractivity contribution is 0.0992. The number of hydrogen-bond donors (Lipinski definition) is 2. The Morgan fingerprint density at radius 1 is 1.15 bits per heavy atom. The van der Waals surface area contributed by atoms with Crippen molar-refractivity contribution < 1.29 is 22.4 Å². The Hall–Kier alpha value is -3.34. The van der Waals surface area contributed by atoms with Crippen molar-refractivity contribution in [2.24, 2.45) is 0 Å². The topological polar surface area (TPSA) is 111 Å². The van der Waals surface area contributed by atoms with Crippen LogP contribution in [-0.4, -0.2) is 19.3 Å². The van der Waals surface area contributed by atoms with Crippen LogP contribution in [0.15, 0.2) is 75.5 Å². The zero-order chi connectivity index (χ0) is 23.4. The molecule has 0 aliphatic heterocycles. The van der Waals surface area contributed by atoms with Crippen LogP contribution in [0, 0.1) is 6.92 Å². The molecule has 0 bridgehead atoms. The van der Waals surface area contributed by atoms with Crippen molar-refractivity contribution >= 4 is 49.7 Å². The minimum atomic E-state index is -3.77. The third-order valence-corrected chi connectivity index (χ3v) is 7.07. The standard InChI is InChI=1S/C22H18ClN3O5S2/c1-14-12-16(4-8-19(14)23)30-13-17-5-9-20(31-17)21(27)25-15-2-6-18(7-3-15)33(28,29)26-22-24-10-11-32-22/h2-12H,13H2,1H3,(H,24,26)(H,25,27). The van der Waals surface area contributed by atoms with Crippen LogP contribution >= 0.6 is 22.9 Å². The molecule has 2 aromatic carbocycles. The number of ether oxygens (including phenoxy) is 1. The predicted octanol–water partition coefficient (Wildman–Crippen LogP) is 5.33. The molecule has 0 saturated carbocycles. The second-order valence-corrected chi connectivity index (χ2v) is 9.87. The molecule has 8 nitrogen and oxygen atoms in total. The summed E-state index contributed by atoms with van der Waals surface area (Å²) in [5, 5.41) is 5.27. The number of aromatic nitrogens is 1. The number of rotatable bonds is 8. The molecule has 0 atom stereocenters. The molecule has 2 heterocycles. The molecule has 0 fully saturated rings. The molecule has 2 N–H and O–H groups in total.